The van der Waals surface area contributed by atoms with Crippen molar-refractivity contribution < 1.29 is 21.1 Å². The van der Waals surface area contributed by atoms with Crippen LogP contribution in [0.25, 0.3) is 22.8 Å². The quantitative estimate of drug-likeness (QED) is 0.350. The first-order valence-corrected chi connectivity index (χ1v) is 10.4. The fourth-order valence-corrected chi connectivity index (χ4v) is 4.12. The van der Waals surface area contributed by atoms with Gasteiger partial charge in [0.15, 0.2) is 0 Å². The third kappa shape index (κ3) is 4.64. The Labute approximate surface area is 195 Å². The van der Waals surface area contributed by atoms with E-state index >= 15 is 0 Å². The second kappa shape index (κ2) is 10.1. The van der Waals surface area contributed by atoms with Crippen molar-refractivity contribution in [2.45, 2.75) is 51.4 Å². The Morgan fingerprint density at radius 2 is 1.06 bits per heavy atom. The summed E-state index contributed by atoms with van der Waals surface area (Å²) in [5, 5.41) is 16.9. The molecule has 0 saturated carbocycles. The van der Waals surface area contributed by atoms with E-state index in [-0.39, 0.29) is 21.1 Å². The third-order valence-corrected chi connectivity index (χ3v) is 5.64. The van der Waals surface area contributed by atoms with Gasteiger partial charge in [0.25, 0.3) is 0 Å². The molecule has 0 spiro atoms. The van der Waals surface area contributed by atoms with Crippen molar-refractivity contribution >= 4 is 0 Å². The van der Waals surface area contributed by atoms with Gasteiger partial charge in [-0.2, -0.15) is 0 Å². The summed E-state index contributed by atoms with van der Waals surface area (Å²) in [7, 11) is 0. The smallest absolute Gasteiger partial charge is 0.573 e. The second-order valence-corrected chi connectivity index (χ2v) is 7.55. The van der Waals surface area contributed by atoms with Gasteiger partial charge in [-0.05, 0) is 74.6 Å². The fourth-order valence-electron chi connectivity index (χ4n) is 4.12. The zero-order valence-corrected chi connectivity index (χ0v) is 19.3. The molecule has 31 heavy (non-hydrogen) atoms. The van der Waals surface area contributed by atoms with Crippen molar-refractivity contribution in [3.8, 4) is 22.8 Å². The molecular weight excluding hydrogens is 571 g/mol. The topological polar surface area (TPSA) is 106 Å². The molecule has 0 N–H and O–H groups in total. The molecule has 0 aliphatic heterocycles. The maximum atomic E-state index is 4.23. The summed E-state index contributed by atoms with van der Waals surface area (Å²) in [5.74, 6) is 0. The minimum atomic E-state index is 0. The molecule has 0 atom stereocenters. The molecule has 0 aromatic carbocycles. The van der Waals surface area contributed by atoms with Crippen molar-refractivity contribution in [2.75, 3.05) is 0 Å². The minimum absolute atomic E-state index is 0. The van der Waals surface area contributed by atoms with Crippen LogP contribution >= 0.6 is 0 Å². The average Bonchev–Trinajstić information content (AvgIpc) is 3.45. The van der Waals surface area contributed by atoms with Crippen LogP contribution < -0.4 is 10.2 Å². The van der Waals surface area contributed by atoms with Gasteiger partial charge in [-0.15, -0.1) is 0 Å². The second-order valence-electron chi connectivity index (χ2n) is 7.55. The molecule has 4 aromatic heterocycles. The zero-order valence-electron chi connectivity index (χ0n) is 17.0. The van der Waals surface area contributed by atoms with Crippen LogP contribution in [-0.4, -0.2) is 30.1 Å². The van der Waals surface area contributed by atoms with Gasteiger partial charge >= 0.3 is 21.1 Å². The number of fused-ring (bicyclic) bond motifs is 2. The van der Waals surface area contributed by atoms with Crippen LogP contribution in [0.2, 0.25) is 0 Å². The molecule has 2 aliphatic rings. The summed E-state index contributed by atoms with van der Waals surface area (Å²) in [4.78, 5) is 16.2. The van der Waals surface area contributed by atoms with E-state index in [1.54, 1.807) is 25.0 Å². The zero-order chi connectivity index (χ0) is 20.2. The first-order chi connectivity index (χ1) is 14.9. The molecule has 8 nitrogen and oxygen atoms in total. The van der Waals surface area contributed by atoms with Crippen LogP contribution in [0, 0.1) is 0 Å². The summed E-state index contributed by atoms with van der Waals surface area (Å²) in [6.45, 7) is 0. The Balaban J connectivity index is 0.000000144. The average molecular weight is 594 g/mol. The Bertz CT molecular complexity index is 1020. The van der Waals surface area contributed by atoms with Crippen LogP contribution in [0.5, 0.6) is 0 Å². The van der Waals surface area contributed by atoms with E-state index in [2.05, 4.69) is 40.3 Å². The van der Waals surface area contributed by atoms with Crippen LogP contribution in [0.15, 0.2) is 37.2 Å². The van der Waals surface area contributed by atoms with E-state index in [0.29, 0.717) is 0 Å². The molecule has 0 saturated heterocycles. The summed E-state index contributed by atoms with van der Waals surface area (Å²) in [5.41, 5.74) is 8.59. The standard InChI is InChI=1S/2C11H11N4.Pt/c2*1-2-4-9-8(3-1)11(15-14-9)10-5-6-12-7-13-10;/h2*5-7H,1-4H2;/q2*-1;+2. The molecule has 2 aliphatic carbocycles. The number of hydrogen-bond donors (Lipinski definition) is 0. The van der Waals surface area contributed by atoms with E-state index in [9.17, 15) is 0 Å². The first kappa shape index (κ1) is 21.5. The van der Waals surface area contributed by atoms with Gasteiger partial charge < -0.3 is 20.4 Å². The Morgan fingerprint density at radius 3 is 1.48 bits per heavy atom. The summed E-state index contributed by atoms with van der Waals surface area (Å²) in [6, 6.07) is 3.78. The van der Waals surface area contributed by atoms with Gasteiger partial charge in [0, 0.05) is 23.8 Å². The Morgan fingerprint density at radius 1 is 0.613 bits per heavy atom. The van der Waals surface area contributed by atoms with Crippen molar-refractivity contribution in [3.63, 3.8) is 0 Å². The predicted molar refractivity (Wildman–Crippen MR) is 110 cm³/mol. The molecule has 9 heteroatoms. The third-order valence-electron chi connectivity index (χ3n) is 5.64. The van der Waals surface area contributed by atoms with Gasteiger partial charge in [-0.25, -0.2) is 19.9 Å². The van der Waals surface area contributed by atoms with E-state index in [4.69, 9.17) is 0 Å². The van der Waals surface area contributed by atoms with Gasteiger partial charge in [-0.3, -0.25) is 0 Å². The molecule has 160 valence electrons. The van der Waals surface area contributed by atoms with Gasteiger partial charge in [-0.1, -0.05) is 11.4 Å². The molecule has 6 rings (SSSR count). The van der Waals surface area contributed by atoms with Crippen LogP contribution in [-0.2, 0) is 46.7 Å². The molecule has 0 amide bonds. The largest absolute Gasteiger partial charge is 2.00 e. The van der Waals surface area contributed by atoms with Crippen molar-refractivity contribution in [1.29, 1.82) is 0 Å². The number of nitrogens with zero attached hydrogens (tertiary/aromatic N) is 8. The van der Waals surface area contributed by atoms with Crippen molar-refractivity contribution in [1.82, 2.24) is 40.3 Å². The monoisotopic (exact) mass is 593 g/mol. The van der Waals surface area contributed by atoms with E-state index in [0.717, 1.165) is 59.8 Å². The Kier molecular flexibility index (Phi) is 6.97. The normalized spacial score (nSPS) is 14.5. The molecule has 4 aromatic rings. The van der Waals surface area contributed by atoms with Crippen LogP contribution in [0.3, 0.4) is 0 Å². The van der Waals surface area contributed by atoms with Crippen LogP contribution in [0.1, 0.15) is 48.2 Å². The van der Waals surface area contributed by atoms with Gasteiger partial charge in [0.1, 0.15) is 12.7 Å². The Hall–Kier alpha value is -2.73. The summed E-state index contributed by atoms with van der Waals surface area (Å²) < 4.78 is 0. The number of aryl methyl sites for hydroxylation is 2. The summed E-state index contributed by atoms with van der Waals surface area (Å²) >= 11 is 0. The maximum absolute atomic E-state index is 4.23. The van der Waals surface area contributed by atoms with Gasteiger partial charge in [0.05, 0.1) is 11.4 Å². The van der Waals surface area contributed by atoms with Crippen molar-refractivity contribution in [3.05, 3.63) is 59.7 Å². The molecule has 4 heterocycles. The van der Waals surface area contributed by atoms with E-state index < -0.39 is 0 Å². The number of rotatable bonds is 2. The van der Waals surface area contributed by atoms with Crippen molar-refractivity contribution in [2.24, 2.45) is 0 Å². The number of aromatic nitrogens is 8. The van der Waals surface area contributed by atoms with Gasteiger partial charge in [0.2, 0.25) is 0 Å². The molecular formula is C22H22N8Pt. The van der Waals surface area contributed by atoms with E-state index in [1.165, 1.54) is 36.8 Å². The predicted octanol–water partition coefficient (Wildman–Crippen LogP) is 2.75. The minimum Gasteiger partial charge on any atom is -0.573 e. The maximum Gasteiger partial charge on any atom is 2.00 e. The fraction of sp³-hybridized carbons (Fsp3) is 0.364. The number of hydrogen-bond acceptors (Lipinski definition) is 6. The van der Waals surface area contributed by atoms with Crippen LogP contribution in [0.4, 0.5) is 0 Å². The molecule has 0 bridgehead atoms. The van der Waals surface area contributed by atoms with E-state index in [1.807, 2.05) is 12.1 Å². The molecule has 0 fully saturated rings. The molecule has 0 unspecified atom stereocenters. The molecule has 0 radical (unpaired) electrons. The first-order valence-electron chi connectivity index (χ1n) is 10.4. The summed E-state index contributed by atoms with van der Waals surface area (Å²) in [6.07, 6.45) is 15.8. The SMILES string of the molecule is [Pt+2].c1cc(-c2[n-]nc3c2CCCC3)ncn1.c1cc(-c2[n-]nc3c2CCCC3)ncn1.